The van der Waals surface area contributed by atoms with Crippen LogP contribution in [0.15, 0.2) is 18.2 Å². The number of nitrogens with one attached hydrogen (secondary N) is 2. The van der Waals surface area contributed by atoms with Gasteiger partial charge in [0.2, 0.25) is 11.8 Å². The van der Waals surface area contributed by atoms with E-state index in [1.165, 1.54) is 12.1 Å². The van der Waals surface area contributed by atoms with Gasteiger partial charge in [-0.05, 0) is 43.4 Å². The first-order chi connectivity index (χ1) is 10.4. The largest absolute Gasteiger partial charge is 0.349 e. The fourth-order valence-corrected chi connectivity index (χ4v) is 3.08. The van der Waals surface area contributed by atoms with Gasteiger partial charge < -0.3 is 16.4 Å². The monoisotopic (exact) mass is 305 g/mol. The second-order valence-corrected chi connectivity index (χ2v) is 6.42. The molecule has 1 aromatic carbocycles. The number of halogens is 1. The molecule has 0 spiro atoms. The molecule has 3 rings (SSSR count). The molecule has 0 radical (unpaired) electrons. The van der Waals surface area contributed by atoms with E-state index in [4.69, 9.17) is 5.73 Å². The Labute approximate surface area is 128 Å². The highest BCUT2D eigenvalue weighted by atomic mass is 19.1. The molecular weight excluding hydrogens is 285 g/mol. The molecule has 1 saturated carbocycles. The van der Waals surface area contributed by atoms with Gasteiger partial charge in [0, 0.05) is 18.7 Å². The van der Waals surface area contributed by atoms with E-state index in [9.17, 15) is 14.0 Å². The molecule has 2 aliphatic rings. The highest BCUT2D eigenvalue weighted by Crippen LogP contribution is 2.40. The Morgan fingerprint density at radius 1 is 1.50 bits per heavy atom. The molecule has 2 amide bonds. The number of fused-ring (bicyclic) bond motifs is 1. The maximum atomic E-state index is 13.3. The van der Waals surface area contributed by atoms with Gasteiger partial charge in [0.1, 0.15) is 5.82 Å². The first-order valence-corrected chi connectivity index (χ1v) is 7.54. The Morgan fingerprint density at radius 2 is 2.23 bits per heavy atom. The summed E-state index contributed by atoms with van der Waals surface area (Å²) in [5.74, 6) is -1.15. The second-order valence-electron chi connectivity index (χ2n) is 6.42. The third-order valence-electron chi connectivity index (χ3n) is 4.68. The van der Waals surface area contributed by atoms with Crippen molar-refractivity contribution in [2.75, 3.05) is 11.9 Å². The van der Waals surface area contributed by atoms with Crippen molar-refractivity contribution in [3.8, 4) is 0 Å². The zero-order valence-corrected chi connectivity index (χ0v) is 12.5. The maximum Gasteiger partial charge on any atom is 0.228 e. The van der Waals surface area contributed by atoms with Crippen LogP contribution in [0.2, 0.25) is 0 Å². The zero-order chi connectivity index (χ0) is 15.9. The lowest BCUT2D eigenvalue weighted by Crippen LogP contribution is -2.54. The predicted molar refractivity (Wildman–Crippen MR) is 80.7 cm³/mol. The van der Waals surface area contributed by atoms with Crippen LogP contribution in [0, 0.1) is 11.7 Å². The number of hydrogen-bond acceptors (Lipinski definition) is 3. The minimum Gasteiger partial charge on any atom is -0.349 e. The Balaban J connectivity index is 1.85. The standard InChI is InChI=1S/C16H20FN3O2/c1-16(8-18,9-2-3-9)20-15(22)12-7-14(21)19-13-6-10(17)4-5-11(12)13/h4-6,9,12H,2-3,7-8,18H2,1H3,(H,19,21)(H,20,22). The highest BCUT2D eigenvalue weighted by molar-refractivity contribution is 6.01. The molecule has 4 N–H and O–H groups in total. The molecule has 6 heteroatoms. The fourth-order valence-electron chi connectivity index (χ4n) is 3.08. The van der Waals surface area contributed by atoms with Crippen LogP contribution in [0.25, 0.3) is 0 Å². The Bertz CT molecular complexity index is 630. The summed E-state index contributed by atoms with van der Waals surface area (Å²) < 4.78 is 13.3. The average Bonchev–Trinajstić information content (AvgIpc) is 3.30. The molecule has 1 heterocycles. The quantitative estimate of drug-likeness (QED) is 0.788. The molecule has 1 aromatic rings. The molecule has 0 saturated heterocycles. The summed E-state index contributed by atoms with van der Waals surface area (Å²) in [6.45, 7) is 2.30. The van der Waals surface area contributed by atoms with Crippen molar-refractivity contribution in [3.05, 3.63) is 29.6 Å². The molecule has 1 fully saturated rings. The maximum absolute atomic E-state index is 13.3. The topological polar surface area (TPSA) is 84.2 Å². The molecule has 0 aromatic heterocycles. The van der Waals surface area contributed by atoms with Crippen molar-refractivity contribution in [1.82, 2.24) is 5.32 Å². The van der Waals surface area contributed by atoms with Gasteiger partial charge in [-0.3, -0.25) is 9.59 Å². The van der Waals surface area contributed by atoms with Crippen molar-refractivity contribution in [2.45, 2.75) is 37.6 Å². The number of amides is 2. The minimum atomic E-state index is -0.603. The third kappa shape index (κ3) is 2.70. The van der Waals surface area contributed by atoms with E-state index in [1.54, 1.807) is 6.07 Å². The predicted octanol–water partition coefficient (Wildman–Crippen LogP) is 1.50. The number of nitrogens with two attached hydrogens (primary N) is 1. The Morgan fingerprint density at radius 3 is 2.86 bits per heavy atom. The van der Waals surface area contributed by atoms with Crippen LogP contribution < -0.4 is 16.4 Å². The van der Waals surface area contributed by atoms with Crippen LogP contribution in [-0.2, 0) is 9.59 Å². The normalized spacial score (nSPS) is 23.2. The molecule has 22 heavy (non-hydrogen) atoms. The van der Waals surface area contributed by atoms with E-state index >= 15 is 0 Å². The van der Waals surface area contributed by atoms with E-state index in [0.717, 1.165) is 12.8 Å². The highest BCUT2D eigenvalue weighted by Gasteiger charge is 2.43. The van der Waals surface area contributed by atoms with Gasteiger partial charge in [0.15, 0.2) is 0 Å². The van der Waals surface area contributed by atoms with Gasteiger partial charge in [-0.15, -0.1) is 0 Å². The van der Waals surface area contributed by atoms with Gasteiger partial charge in [-0.25, -0.2) is 4.39 Å². The Kier molecular flexibility index (Phi) is 3.64. The van der Waals surface area contributed by atoms with Gasteiger partial charge in [0.25, 0.3) is 0 Å². The third-order valence-corrected chi connectivity index (χ3v) is 4.68. The lowest BCUT2D eigenvalue weighted by atomic mass is 9.87. The number of carbonyl (C=O) groups is 2. The molecule has 1 aliphatic heterocycles. The van der Waals surface area contributed by atoms with Crippen LogP contribution in [0.3, 0.4) is 0 Å². The van der Waals surface area contributed by atoms with Crippen LogP contribution >= 0.6 is 0 Å². The molecule has 2 atom stereocenters. The molecule has 2 unspecified atom stereocenters. The molecule has 0 bridgehead atoms. The van der Waals surface area contributed by atoms with E-state index in [2.05, 4.69) is 10.6 Å². The summed E-state index contributed by atoms with van der Waals surface area (Å²) >= 11 is 0. The van der Waals surface area contributed by atoms with Crippen LogP contribution in [0.5, 0.6) is 0 Å². The SMILES string of the molecule is CC(CN)(NC(=O)C1CC(=O)Nc2cc(F)ccc21)C1CC1. The lowest BCUT2D eigenvalue weighted by Gasteiger charge is -2.33. The van der Waals surface area contributed by atoms with Crippen LogP contribution in [0.1, 0.15) is 37.7 Å². The first-order valence-electron chi connectivity index (χ1n) is 7.54. The molecule has 118 valence electrons. The van der Waals surface area contributed by atoms with Gasteiger partial charge >= 0.3 is 0 Å². The smallest absolute Gasteiger partial charge is 0.228 e. The van der Waals surface area contributed by atoms with Gasteiger partial charge in [0.05, 0.1) is 11.5 Å². The van der Waals surface area contributed by atoms with E-state index in [0.29, 0.717) is 23.7 Å². The lowest BCUT2D eigenvalue weighted by molar-refractivity contribution is -0.127. The van der Waals surface area contributed by atoms with E-state index in [-0.39, 0.29) is 18.2 Å². The fraction of sp³-hybridized carbons (Fsp3) is 0.500. The van der Waals surface area contributed by atoms with Crippen LogP contribution in [-0.4, -0.2) is 23.9 Å². The second kappa shape index (κ2) is 5.35. The summed E-state index contributed by atoms with van der Waals surface area (Å²) in [7, 11) is 0. The molecular formula is C16H20FN3O2. The summed E-state index contributed by atoms with van der Waals surface area (Å²) in [6.07, 6.45) is 2.18. The number of carbonyl (C=O) groups excluding carboxylic acids is 2. The first kappa shape index (κ1) is 15.0. The van der Waals surface area contributed by atoms with Crippen molar-refractivity contribution in [2.24, 2.45) is 11.7 Å². The van der Waals surface area contributed by atoms with Crippen LogP contribution in [0.4, 0.5) is 10.1 Å². The summed E-state index contributed by atoms with van der Waals surface area (Å²) in [4.78, 5) is 24.5. The van der Waals surface area contributed by atoms with Gasteiger partial charge in [-0.1, -0.05) is 6.07 Å². The molecule has 5 nitrogen and oxygen atoms in total. The number of anilines is 1. The number of rotatable bonds is 4. The summed E-state index contributed by atoms with van der Waals surface area (Å²) in [6, 6.07) is 4.11. The number of benzene rings is 1. The zero-order valence-electron chi connectivity index (χ0n) is 12.5. The number of hydrogen-bond donors (Lipinski definition) is 3. The minimum absolute atomic E-state index is 0.0653. The van der Waals surface area contributed by atoms with Crippen molar-refractivity contribution in [1.29, 1.82) is 0 Å². The van der Waals surface area contributed by atoms with E-state index in [1.807, 2.05) is 6.92 Å². The van der Waals surface area contributed by atoms with Crippen molar-refractivity contribution < 1.29 is 14.0 Å². The van der Waals surface area contributed by atoms with E-state index < -0.39 is 17.3 Å². The Hall–Kier alpha value is -1.95. The summed E-state index contributed by atoms with van der Waals surface area (Å²) in [5, 5.41) is 5.63. The average molecular weight is 305 g/mol. The van der Waals surface area contributed by atoms with Gasteiger partial charge in [-0.2, -0.15) is 0 Å². The van der Waals surface area contributed by atoms with Crippen molar-refractivity contribution >= 4 is 17.5 Å². The summed E-state index contributed by atoms with van der Waals surface area (Å²) in [5.41, 5.74) is 6.40. The molecule has 1 aliphatic carbocycles. The van der Waals surface area contributed by atoms with Crippen molar-refractivity contribution in [3.63, 3.8) is 0 Å².